The van der Waals surface area contributed by atoms with Crippen molar-refractivity contribution in [2.75, 3.05) is 12.8 Å². The van der Waals surface area contributed by atoms with Gasteiger partial charge in [0.15, 0.2) is 0 Å². The molecule has 0 saturated carbocycles. The highest BCUT2D eigenvalue weighted by atomic mass is 31.2. The quantitative estimate of drug-likeness (QED) is 0.639. The lowest BCUT2D eigenvalue weighted by Crippen LogP contribution is -2.21. The van der Waals surface area contributed by atoms with E-state index in [0.717, 1.165) is 16.4 Å². The largest absolute Gasteiger partial charge is 0.493 e. The van der Waals surface area contributed by atoms with E-state index >= 15 is 0 Å². The first-order valence-corrected chi connectivity index (χ1v) is 9.56. The van der Waals surface area contributed by atoms with E-state index in [2.05, 4.69) is 0 Å². The van der Waals surface area contributed by atoms with Gasteiger partial charge in [-0.3, -0.25) is 0 Å². The fraction of sp³-hybridized carbons (Fsp3) is 0.100. The van der Waals surface area contributed by atoms with Gasteiger partial charge >= 0.3 is 0 Å². The van der Waals surface area contributed by atoms with Gasteiger partial charge in [0.1, 0.15) is 12.9 Å². The number of rotatable bonds is 6. The van der Waals surface area contributed by atoms with E-state index in [1.165, 1.54) is 0 Å². The second-order valence-corrected chi connectivity index (χ2v) is 8.26. The van der Waals surface area contributed by atoms with Gasteiger partial charge < -0.3 is 9.30 Å². The SMILES string of the molecule is O=P(CCOc1ccccc1)(c1ccccc1)c1ccccc1. The molecular weight excluding hydrogens is 303 g/mol. The lowest BCUT2D eigenvalue weighted by molar-refractivity contribution is 0.341. The summed E-state index contributed by atoms with van der Waals surface area (Å²) in [4.78, 5) is 0. The van der Waals surface area contributed by atoms with Gasteiger partial charge in [-0.1, -0.05) is 78.9 Å². The number of hydrogen-bond acceptors (Lipinski definition) is 2. The van der Waals surface area contributed by atoms with E-state index in [1.807, 2.05) is 91.0 Å². The Morgan fingerprint density at radius 1 is 0.652 bits per heavy atom. The van der Waals surface area contributed by atoms with Crippen LogP contribution in [0.1, 0.15) is 0 Å². The Labute approximate surface area is 137 Å². The molecule has 116 valence electrons. The third-order valence-corrected chi connectivity index (χ3v) is 6.84. The number of para-hydroxylation sites is 1. The molecule has 0 aromatic heterocycles. The van der Waals surface area contributed by atoms with Gasteiger partial charge in [0.2, 0.25) is 0 Å². The molecule has 0 saturated heterocycles. The minimum Gasteiger partial charge on any atom is -0.493 e. The number of benzene rings is 3. The molecule has 0 N–H and O–H groups in total. The van der Waals surface area contributed by atoms with Gasteiger partial charge in [-0.25, -0.2) is 0 Å². The van der Waals surface area contributed by atoms with Crippen molar-refractivity contribution >= 4 is 17.8 Å². The van der Waals surface area contributed by atoms with Crippen molar-refractivity contribution < 1.29 is 9.30 Å². The second kappa shape index (κ2) is 7.30. The van der Waals surface area contributed by atoms with Gasteiger partial charge in [-0.15, -0.1) is 0 Å². The second-order valence-electron chi connectivity index (χ2n) is 5.30. The molecule has 3 aromatic rings. The molecule has 0 unspecified atom stereocenters. The van der Waals surface area contributed by atoms with Crippen molar-refractivity contribution in [3.63, 3.8) is 0 Å². The highest BCUT2D eigenvalue weighted by molar-refractivity contribution is 7.78. The molecule has 3 heteroatoms. The lowest BCUT2D eigenvalue weighted by atomic mass is 10.3. The highest BCUT2D eigenvalue weighted by Crippen LogP contribution is 2.42. The molecule has 3 aromatic carbocycles. The first kappa shape index (κ1) is 15.6. The molecule has 0 atom stereocenters. The maximum absolute atomic E-state index is 13.7. The van der Waals surface area contributed by atoms with Crippen LogP contribution in [-0.4, -0.2) is 12.8 Å². The van der Waals surface area contributed by atoms with E-state index in [-0.39, 0.29) is 0 Å². The van der Waals surface area contributed by atoms with Gasteiger partial charge in [0, 0.05) is 16.8 Å². The summed E-state index contributed by atoms with van der Waals surface area (Å²) in [5, 5.41) is 1.76. The van der Waals surface area contributed by atoms with Crippen LogP contribution in [0.15, 0.2) is 91.0 Å². The molecule has 0 amide bonds. The molecule has 0 spiro atoms. The molecule has 0 aliphatic rings. The Morgan fingerprint density at radius 2 is 1.09 bits per heavy atom. The van der Waals surface area contributed by atoms with Crippen LogP contribution in [0.4, 0.5) is 0 Å². The average Bonchev–Trinajstić information content (AvgIpc) is 2.64. The van der Waals surface area contributed by atoms with Gasteiger partial charge in [0.05, 0.1) is 6.61 Å². The van der Waals surface area contributed by atoms with Crippen molar-refractivity contribution in [1.82, 2.24) is 0 Å². The standard InChI is InChI=1S/C20H19O2P/c21-23(19-12-6-2-7-13-19,20-14-8-3-9-15-20)17-16-22-18-10-4-1-5-11-18/h1-15H,16-17H2. The Hall–Kier alpha value is -2.31. The minimum absolute atomic E-state index is 0.422. The summed E-state index contributed by atoms with van der Waals surface area (Å²) in [5.74, 6) is 0.806. The topological polar surface area (TPSA) is 26.3 Å². The first-order chi connectivity index (χ1) is 11.3. The van der Waals surface area contributed by atoms with Crippen molar-refractivity contribution in [2.24, 2.45) is 0 Å². The fourth-order valence-corrected chi connectivity index (χ4v) is 5.02. The van der Waals surface area contributed by atoms with Gasteiger partial charge in [-0.2, -0.15) is 0 Å². The normalized spacial score (nSPS) is 11.1. The third kappa shape index (κ3) is 3.72. The zero-order chi connectivity index (χ0) is 16.0. The fourth-order valence-electron chi connectivity index (χ4n) is 2.55. The summed E-state index contributed by atoms with van der Waals surface area (Å²) in [6.07, 6.45) is 0.482. The van der Waals surface area contributed by atoms with Crippen LogP contribution in [0.3, 0.4) is 0 Å². The zero-order valence-corrected chi connectivity index (χ0v) is 13.7. The Balaban J connectivity index is 1.83. The maximum Gasteiger partial charge on any atom is 0.146 e. The molecule has 0 radical (unpaired) electrons. The summed E-state index contributed by atoms with van der Waals surface area (Å²) in [5.41, 5.74) is 0. The van der Waals surface area contributed by atoms with Crippen LogP contribution in [0.5, 0.6) is 5.75 Å². The van der Waals surface area contributed by atoms with Crippen LogP contribution >= 0.6 is 7.14 Å². The van der Waals surface area contributed by atoms with Gasteiger partial charge in [0.25, 0.3) is 0 Å². The van der Waals surface area contributed by atoms with Crippen LogP contribution in [0, 0.1) is 0 Å². The van der Waals surface area contributed by atoms with E-state index in [9.17, 15) is 4.57 Å². The van der Waals surface area contributed by atoms with Crippen LogP contribution in [0.2, 0.25) is 0 Å². The maximum atomic E-state index is 13.7. The van der Waals surface area contributed by atoms with Crippen LogP contribution in [0.25, 0.3) is 0 Å². The van der Waals surface area contributed by atoms with Crippen LogP contribution < -0.4 is 15.3 Å². The molecule has 23 heavy (non-hydrogen) atoms. The van der Waals surface area contributed by atoms with Crippen molar-refractivity contribution in [1.29, 1.82) is 0 Å². The first-order valence-electron chi connectivity index (χ1n) is 7.67. The average molecular weight is 322 g/mol. The van der Waals surface area contributed by atoms with Crippen molar-refractivity contribution in [3.05, 3.63) is 91.0 Å². The molecule has 0 bridgehead atoms. The molecule has 0 aliphatic carbocycles. The summed E-state index contributed by atoms with van der Waals surface area (Å²) >= 11 is 0. The lowest BCUT2D eigenvalue weighted by Gasteiger charge is -2.19. The van der Waals surface area contributed by atoms with E-state index in [1.54, 1.807) is 0 Å². The molecule has 0 aliphatic heterocycles. The highest BCUT2D eigenvalue weighted by Gasteiger charge is 2.26. The third-order valence-electron chi connectivity index (χ3n) is 3.76. The smallest absolute Gasteiger partial charge is 0.146 e. The number of ether oxygens (including phenoxy) is 1. The minimum atomic E-state index is -2.69. The molecule has 0 fully saturated rings. The van der Waals surface area contributed by atoms with E-state index in [4.69, 9.17) is 4.74 Å². The van der Waals surface area contributed by atoms with Gasteiger partial charge in [-0.05, 0) is 12.1 Å². The molecular formula is C20H19O2P. The predicted octanol–water partition coefficient (Wildman–Crippen LogP) is 4.08. The monoisotopic (exact) mass is 322 g/mol. The van der Waals surface area contributed by atoms with Crippen molar-refractivity contribution in [3.8, 4) is 5.75 Å². The number of hydrogen-bond donors (Lipinski definition) is 0. The summed E-state index contributed by atoms with van der Waals surface area (Å²) in [7, 11) is -2.69. The summed E-state index contributed by atoms with van der Waals surface area (Å²) < 4.78 is 19.5. The van der Waals surface area contributed by atoms with Crippen molar-refractivity contribution in [2.45, 2.75) is 0 Å². The van der Waals surface area contributed by atoms with E-state index < -0.39 is 7.14 Å². The molecule has 2 nitrogen and oxygen atoms in total. The summed E-state index contributed by atoms with van der Waals surface area (Å²) in [6, 6.07) is 29.0. The zero-order valence-electron chi connectivity index (χ0n) is 12.8. The Morgan fingerprint density at radius 3 is 1.57 bits per heavy atom. The van der Waals surface area contributed by atoms with Crippen LogP contribution in [-0.2, 0) is 4.57 Å². The molecule has 0 heterocycles. The summed E-state index contributed by atoms with van der Waals surface area (Å²) in [6.45, 7) is 0.422. The Kier molecular flexibility index (Phi) is 4.95. The molecule has 3 rings (SSSR count). The predicted molar refractivity (Wildman–Crippen MR) is 96.6 cm³/mol. The Bertz CT molecular complexity index is 727. The van der Waals surface area contributed by atoms with E-state index in [0.29, 0.717) is 12.8 Å².